The Morgan fingerprint density at radius 3 is 3.06 bits per heavy atom. The molecule has 0 spiro atoms. The minimum absolute atomic E-state index is 0.224. The SMILES string of the molecule is C=CCC(N)C(=O)Nc1cccc(OCC)c1. The summed E-state index contributed by atoms with van der Waals surface area (Å²) in [4.78, 5) is 11.6. The Kier molecular flexibility index (Phi) is 5.23. The van der Waals surface area contributed by atoms with Gasteiger partial charge >= 0.3 is 0 Å². The van der Waals surface area contributed by atoms with E-state index in [1.165, 1.54) is 0 Å². The second-order valence-corrected chi connectivity index (χ2v) is 3.58. The molecule has 0 aromatic heterocycles. The molecule has 0 aliphatic heterocycles. The Hall–Kier alpha value is -1.81. The average molecular weight is 234 g/mol. The number of ether oxygens (including phenoxy) is 1. The summed E-state index contributed by atoms with van der Waals surface area (Å²) < 4.78 is 5.34. The van der Waals surface area contributed by atoms with Gasteiger partial charge in [-0.05, 0) is 25.5 Å². The summed E-state index contributed by atoms with van der Waals surface area (Å²) in [7, 11) is 0. The van der Waals surface area contributed by atoms with Crippen LogP contribution in [0.2, 0.25) is 0 Å². The maximum atomic E-state index is 11.6. The van der Waals surface area contributed by atoms with Gasteiger partial charge in [-0.3, -0.25) is 4.79 Å². The highest BCUT2D eigenvalue weighted by atomic mass is 16.5. The number of hydrogen-bond acceptors (Lipinski definition) is 3. The van der Waals surface area contributed by atoms with Crippen molar-refractivity contribution in [2.75, 3.05) is 11.9 Å². The summed E-state index contributed by atoms with van der Waals surface area (Å²) in [5, 5.41) is 2.73. The van der Waals surface area contributed by atoms with E-state index in [4.69, 9.17) is 10.5 Å². The normalized spacial score (nSPS) is 11.6. The molecule has 1 amide bonds. The van der Waals surface area contributed by atoms with Crippen LogP contribution in [-0.2, 0) is 4.79 Å². The molecule has 3 N–H and O–H groups in total. The van der Waals surface area contributed by atoms with Crippen molar-refractivity contribution >= 4 is 11.6 Å². The van der Waals surface area contributed by atoms with Gasteiger partial charge in [0.15, 0.2) is 0 Å². The van der Waals surface area contributed by atoms with Crippen LogP contribution >= 0.6 is 0 Å². The molecule has 0 aliphatic rings. The van der Waals surface area contributed by atoms with Crippen LogP contribution in [-0.4, -0.2) is 18.6 Å². The molecule has 0 saturated heterocycles. The number of rotatable bonds is 6. The van der Waals surface area contributed by atoms with Crippen LogP contribution in [0.25, 0.3) is 0 Å². The fourth-order valence-electron chi connectivity index (χ4n) is 1.35. The Morgan fingerprint density at radius 1 is 1.65 bits per heavy atom. The maximum Gasteiger partial charge on any atom is 0.241 e. The summed E-state index contributed by atoms with van der Waals surface area (Å²) in [6.07, 6.45) is 2.08. The van der Waals surface area contributed by atoms with Crippen molar-refractivity contribution in [3.05, 3.63) is 36.9 Å². The zero-order chi connectivity index (χ0) is 12.7. The van der Waals surface area contributed by atoms with Gasteiger partial charge in [-0.2, -0.15) is 0 Å². The van der Waals surface area contributed by atoms with Gasteiger partial charge in [0.05, 0.1) is 12.6 Å². The van der Waals surface area contributed by atoms with Crippen molar-refractivity contribution in [3.8, 4) is 5.75 Å². The molecule has 1 rings (SSSR count). The molecule has 0 bridgehead atoms. The molecule has 1 atom stereocenters. The first-order valence-corrected chi connectivity index (χ1v) is 5.57. The Morgan fingerprint density at radius 2 is 2.41 bits per heavy atom. The first-order valence-electron chi connectivity index (χ1n) is 5.57. The summed E-state index contributed by atoms with van der Waals surface area (Å²) >= 11 is 0. The Balaban J connectivity index is 2.64. The molecule has 17 heavy (non-hydrogen) atoms. The van der Waals surface area contributed by atoms with Crippen molar-refractivity contribution in [1.29, 1.82) is 0 Å². The highest BCUT2D eigenvalue weighted by Crippen LogP contribution is 2.17. The van der Waals surface area contributed by atoms with Crippen LogP contribution < -0.4 is 15.8 Å². The van der Waals surface area contributed by atoms with Crippen LogP contribution in [0, 0.1) is 0 Å². The van der Waals surface area contributed by atoms with Crippen LogP contribution in [0.3, 0.4) is 0 Å². The van der Waals surface area contributed by atoms with Gasteiger partial charge in [0, 0.05) is 11.8 Å². The van der Waals surface area contributed by atoms with Gasteiger partial charge in [-0.15, -0.1) is 6.58 Å². The number of carbonyl (C=O) groups is 1. The van der Waals surface area contributed by atoms with Crippen LogP contribution in [0.1, 0.15) is 13.3 Å². The lowest BCUT2D eigenvalue weighted by molar-refractivity contribution is -0.117. The van der Waals surface area contributed by atoms with Crippen LogP contribution in [0.4, 0.5) is 5.69 Å². The summed E-state index contributed by atoms with van der Waals surface area (Å²) in [6.45, 7) is 6.05. The van der Waals surface area contributed by atoms with Gasteiger partial charge in [0.2, 0.25) is 5.91 Å². The fraction of sp³-hybridized carbons (Fsp3) is 0.308. The van der Waals surface area contributed by atoms with E-state index in [1.807, 2.05) is 19.1 Å². The van der Waals surface area contributed by atoms with Gasteiger partial charge in [-0.25, -0.2) is 0 Å². The molecule has 0 saturated carbocycles. The van der Waals surface area contributed by atoms with Crippen molar-refractivity contribution in [3.63, 3.8) is 0 Å². The smallest absolute Gasteiger partial charge is 0.241 e. The molecule has 0 radical (unpaired) electrons. The standard InChI is InChI=1S/C13H18N2O2/c1-3-6-12(14)13(16)15-10-7-5-8-11(9-10)17-4-2/h3,5,7-9,12H,1,4,6,14H2,2H3,(H,15,16). The highest BCUT2D eigenvalue weighted by Gasteiger charge is 2.11. The van der Waals surface area contributed by atoms with Crippen molar-refractivity contribution < 1.29 is 9.53 Å². The quantitative estimate of drug-likeness (QED) is 0.739. The molecule has 92 valence electrons. The van der Waals surface area contributed by atoms with E-state index in [1.54, 1.807) is 18.2 Å². The predicted octanol–water partition coefficient (Wildman–Crippen LogP) is 1.93. The van der Waals surface area contributed by atoms with Gasteiger partial charge in [-0.1, -0.05) is 12.1 Å². The van der Waals surface area contributed by atoms with Crippen molar-refractivity contribution in [2.24, 2.45) is 5.73 Å². The Bertz CT molecular complexity index is 391. The van der Waals surface area contributed by atoms with Gasteiger partial charge in [0.25, 0.3) is 0 Å². The molecule has 1 aromatic carbocycles. The first kappa shape index (κ1) is 13.3. The summed E-state index contributed by atoms with van der Waals surface area (Å²) in [6, 6.07) is 6.65. The minimum Gasteiger partial charge on any atom is -0.494 e. The number of anilines is 1. The zero-order valence-electron chi connectivity index (χ0n) is 9.98. The summed E-state index contributed by atoms with van der Waals surface area (Å²) in [5.74, 6) is 0.501. The molecule has 4 heteroatoms. The monoisotopic (exact) mass is 234 g/mol. The molecular weight excluding hydrogens is 216 g/mol. The van der Waals surface area contributed by atoms with E-state index >= 15 is 0 Å². The number of carbonyl (C=O) groups excluding carboxylic acids is 1. The third-order valence-corrected chi connectivity index (χ3v) is 2.17. The van der Waals surface area contributed by atoms with E-state index in [9.17, 15) is 4.79 Å². The number of hydrogen-bond donors (Lipinski definition) is 2. The third-order valence-electron chi connectivity index (χ3n) is 2.17. The lowest BCUT2D eigenvalue weighted by Crippen LogP contribution is -2.35. The topological polar surface area (TPSA) is 64.4 Å². The number of nitrogens with one attached hydrogen (secondary N) is 1. The zero-order valence-corrected chi connectivity index (χ0v) is 9.98. The minimum atomic E-state index is -0.566. The highest BCUT2D eigenvalue weighted by molar-refractivity contribution is 5.94. The second kappa shape index (κ2) is 6.70. The molecule has 1 unspecified atom stereocenters. The van der Waals surface area contributed by atoms with Crippen LogP contribution in [0.15, 0.2) is 36.9 Å². The Labute approximate surface area is 101 Å². The van der Waals surface area contributed by atoms with E-state index < -0.39 is 6.04 Å². The van der Waals surface area contributed by atoms with E-state index in [0.717, 1.165) is 5.75 Å². The molecule has 0 fully saturated rings. The van der Waals surface area contributed by atoms with E-state index in [0.29, 0.717) is 18.7 Å². The van der Waals surface area contributed by atoms with Crippen molar-refractivity contribution in [1.82, 2.24) is 0 Å². The molecule has 1 aromatic rings. The molecule has 0 aliphatic carbocycles. The largest absolute Gasteiger partial charge is 0.494 e. The lowest BCUT2D eigenvalue weighted by Gasteiger charge is -2.11. The van der Waals surface area contributed by atoms with E-state index in [-0.39, 0.29) is 5.91 Å². The van der Waals surface area contributed by atoms with Crippen molar-refractivity contribution in [2.45, 2.75) is 19.4 Å². The van der Waals surface area contributed by atoms with E-state index in [2.05, 4.69) is 11.9 Å². The predicted molar refractivity (Wildman–Crippen MR) is 69.0 cm³/mol. The molecular formula is C13H18N2O2. The first-order chi connectivity index (χ1) is 8.17. The maximum absolute atomic E-state index is 11.6. The number of amides is 1. The van der Waals surface area contributed by atoms with Gasteiger partial charge in [0.1, 0.15) is 5.75 Å². The average Bonchev–Trinajstić information content (AvgIpc) is 2.30. The number of nitrogens with two attached hydrogens (primary N) is 1. The fourth-order valence-corrected chi connectivity index (χ4v) is 1.35. The number of benzene rings is 1. The summed E-state index contributed by atoms with van der Waals surface area (Å²) in [5.41, 5.74) is 6.34. The molecule has 0 heterocycles. The lowest BCUT2D eigenvalue weighted by atomic mass is 10.2. The van der Waals surface area contributed by atoms with Gasteiger partial charge < -0.3 is 15.8 Å². The third kappa shape index (κ3) is 4.28. The second-order valence-electron chi connectivity index (χ2n) is 3.58. The van der Waals surface area contributed by atoms with Crippen LogP contribution in [0.5, 0.6) is 5.75 Å². The molecule has 4 nitrogen and oxygen atoms in total.